The summed E-state index contributed by atoms with van der Waals surface area (Å²) in [6, 6.07) is 16.5. The Kier molecular flexibility index (Phi) is 4.43. The van der Waals surface area contributed by atoms with Crippen LogP contribution in [-0.2, 0) is 23.2 Å². The fraction of sp³-hybridized carbons (Fsp3) is 0.417. The molecular formula is C24H27N3O2. The smallest absolute Gasteiger partial charge is 0.319 e. The highest BCUT2D eigenvalue weighted by atomic mass is 16.2. The number of hydrogen-bond acceptors (Lipinski definition) is 3. The Hall–Kier alpha value is -2.66. The highest BCUT2D eigenvalue weighted by molar-refractivity contribution is 6.07. The van der Waals surface area contributed by atoms with Crippen molar-refractivity contribution in [2.24, 2.45) is 0 Å². The van der Waals surface area contributed by atoms with Crippen LogP contribution in [0.3, 0.4) is 0 Å². The molecule has 1 N–H and O–H groups in total. The Morgan fingerprint density at radius 1 is 1.03 bits per heavy atom. The van der Waals surface area contributed by atoms with Gasteiger partial charge in [-0.15, -0.1) is 0 Å². The topological polar surface area (TPSA) is 52.6 Å². The molecule has 3 aliphatic rings. The van der Waals surface area contributed by atoms with Gasteiger partial charge >= 0.3 is 6.03 Å². The van der Waals surface area contributed by atoms with Crippen molar-refractivity contribution in [3.05, 3.63) is 70.8 Å². The molecule has 2 aliphatic carbocycles. The van der Waals surface area contributed by atoms with Gasteiger partial charge in [0, 0.05) is 6.04 Å². The van der Waals surface area contributed by atoms with Crippen LogP contribution in [0.25, 0.3) is 0 Å². The van der Waals surface area contributed by atoms with Crippen molar-refractivity contribution in [1.82, 2.24) is 15.1 Å². The van der Waals surface area contributed by atoms with Crippen LogP contribution in [-0.4, -0.2) is 35.5 Å². The van der Waals surface area contributed by atoms with Gasteiger partial charge in [-0.3, -0.25) is 9.69 Å². The number of nitrogens with one attached hydrogen (secondary N) is 1. The van der Waals surface area contributed by atoms with Gasteiger partial charge in [0.25, 0.3) is 5.91 Å². The maximum atomic E-state index is 13.6. The number of rotatable bonds is 3. The summed E-state index contributed by atoms with van der Waals surface area (Å²) in [7, 11) is 2.01. The number of benzene rings is 2. The first-order chi connectivity index (χ1) is 14.1. The summed E-state index contributed by atoms with van der Waals surface area (Å²) in [5, 5.41) is 3.09. The van der Waals surface area contributed by atoms with E-state index >= 15 is 0 Å². The molecule has 1 fully saturated rings. The van der Waals surface area contributed by atoms with E-state index in [2.05, 4.69) is 40.5 Å². The van der Waals surface area contributed by atoms with Crippen LogP contribution in [0.5, 0.6) is 0 Å². The third-order valence-electron chi connectivity index (χ3n) is 6.90. The first kappa shape index (κ1) is 18.4. The monoisotopic (exact) mass is 389 g/mol. The van der Waals surface area contributed by atoms with Gasteiger partial charge in [0.05, 0.1) is 6.67 Å². The Morgan fingerprint density at radius 2 is 1.79 bits per heavy atom. The normalized spacial score (nSPS) is 25.9. The number of fused-ring (bicyclic) bond motifs is 3. The van der Waals surface area contributed by atoms with E-state index < -0.39 is 5.54 Å². The summed E-state index contributed by atoms with van der Waals surface area (Å²) < 4.78 is 0. The van der Waals surface area contributed by atoms with E-state index in [0.29, 0.717) is 13.1 Å². The van der Waals surface area contributed by atoms with Crippen LogP contribution < -0.4 is 5.32 Å². The molecule has 1 heterocycles. The average molecular weight is 389 g/mol. The van der Waals surface area contributed by atoms with Crippen molar-refractivity contribution < 1.29 is 9.59 Å². The summed E-state index contributed by atoms with van der Waals surface area (Å²) in [5.74, 6) is -0.102. The van der Waals surface area contributed by atoms with Gasteiger partial charge in [-0.25, -0.2) is 9.69 Å². The summed E-state index contributed by atoms with van der Waals surface area (Å²) in [4.78, 5) is 30.1. The predicted octanol–water partition coefficient (Wildman–Crippen LogP) is 3.74. The van der Waals surface area contributed by atoms with Gasteiger partial charge in [0.15, 0.2) is 0 Å². The second-order valence-corrected chi connectivity index (χ2v) is 8.58. The number of carbonyl (C=O) groups excluding carboxylic acids is 2. The van der Waals surface area contributed by atoms with E-state index in [1.165, 1.54) is 21.6 Å². The van der Waals surface area contributed by atoms with E-state index in [0.717, 1.165) is 37.7 Å². The van der Waals surface area contributed by atoms with Gasteiger partial charge in [-0.2, -0.15) is 0 Å². The van der Waals surface area contributed by atoms with Crippen molar-refractivity contribution >= 4 is 11.9 Å². The second-order valence-electron chi connectivity index (χ2n) is 8.58. The van der Waals surface area contributed by atoms with Gasteiger partial charge in [0.1, 0.15) is 5.54 Å². The number of aryl methyl sites for hydroxylation is 2. The lowest BCUT2D eigenvalue weighted by Crippen LogP contribution is -2.45. The lowest BCUT2D eigenvalue weighted by molar-refractivity contribution is -0.133. The fourth-order valence-corrected chi connectivity index (χ4v) is 5.42. The van der Waals surface area contributed by atoms with Crippen LogP contribution in [0.2, 0.25) is 0 Å². The summed E-state index contributed by atoms with van der Waals surface area (Å²) in [5.41, 5.74) is 3.94. The molecule has 5 heteroatoms. The van der Waals surface area contributed by atoms with Crippen LogP contribution >= 0.6 is 0 Å². The fourth-order valence-electron chi connectivity index (χ4n) is 5.42. The zero-order chi connectivity index (χ0) is 20.0. The van der Waals surface area contributed by atoms with E-state index in [1.807, 2.05) is 25.2 Å². The zero-order valence-electron chi connectivity index (χ0n) is 16.9. The maximum Gasteiger partial charge on any atom is 0.326 e. The molecule has 5 rings (SSSR count). The van der Waals surface area contributed by atoms with Crippen molar-refractivity contribution in [1.29, 1.82) is 0 Å². The summed E-state index contributed by atoms with van der Waals surface area (Å²) >= 11 is 0. The first-order valence-electron chi connectivity index (χ1n) is 10.6. The third kappa shape index (κ3) is 2.87. The summed E-state index contributed by atoms with van der Waals surface area (Å²) in [6.45, 7) is 0.313. The third-order valence-corrected chi connectivity index (χ3v) is 6.90. The molecule has 2 aromatic rings. The van der Waals surface area contributed by atoms with Crippen molar-refractivity contribution in [2.45, 2.75) is 50.1 Å². The Balaban J connectivity index is 1.42. The first-order valence-corrected chi connectivity index (χ1v) is 10.6. The molecule has 29 heavy (non-hydrogen) atoms. The van der Waals surface area contributed by atoms with Gasteiger partial charge in [-0.1, -0.05) is 48.5 Å². The largest absolute Gasteiger partial charge is 0.326 e. The van der Waals surface area contributed by atoms with Crippen molar-refractivity contribution in [3.8, 4) is 0 Å². The minimum atomic E-state index is -0.904. The molecular weight excluding hydrogens is 362 g/mol. The van der Waals surface area contributed by atoms with E-state index in [1.54, 1.807) is 0 Å². The number of urea groups is 1. The molecule has 2 aromatic carbocycles. The molecule has 1 aliphatic heterocycles. The SMILES string of the molecule is CN(CN1C(=O)NC2(CCCCc3ccccc32)C1=O)C1CCc2ccccc21. The molecule has 0 radical (unpaired) electrons. The number of amides is 3. The highest BCUT2D eigenvalue weighted by Gasteiger charge is 2.53. The van der Waals surface area contributed by atoms with Crippen LogP contribution in [0, 0.1) is 0 Å². The van der Waals surface area contributed by atoms with E-state index in [9.17, 15) is 9.59 Å². The molecule has 150 valence electrons. The average Bonchev–Trinajstić information content (AvgIpc) is 3.20. The Labute approximate surface area is 171 Å². The molecule has 2 atom stereocenters. The van der Waals surface area contributed by atoms with Gasteiger partial charge in [0.2, 0.25) is 0 Å². The summed E-state index contributed by atoms with van der Waals surface area (Å²) in [6.07, 6.45) is 5.66. The zero-order valence-corrected chi connectivity index (χ0v) is 16.9. The van der Waals surface area contributed by atoms with Gasteiger partial charge < -0.3 is 5.32 Å². The maximum absolute atomic E-state index is 13.6. The quantitative estimate of drug-likeness (QED) is 0.814. The van der Waals surface area contributed by atoms with Crippen molar-refractivity contribution in [3.63, 3.8) is 0 Å². The van der Waals surface area contributed by atoms with Crippen LogP contribution in [0.15, 0.2) is 48.5 Å². The number of imide groups is 1. The Bertz CT molecular complexity index is 972. The number of nitrogens with zero attached hydrogens (tertiary/aromatic N) is 2. The lowest BCUT2D eigenvalue weighted by Gasteiger charge is -2.30. The second kappa shape index (κ2) is 6.99. The van der Waals surface area contributed by atoms with E-state index in [4.69, 9.17) is 0 Å². The number of hydrogen-bond donors (Lipinski definition) is 1. The van der Waals surface area contributed by atoms with Gasteiger partial charge in [-0.05, 0) is 67.8 Å². The lowest BCUT2D eigenvalue weighted by atomic mass is 9.84. The highest BCUT2D eigenvalue weighted by Crippen LogP contribution is 2.40. The molecule has 0 bridgehead atoms. The Morgan fingerprint density at radius 3 is 2.66 bits per heavy atom. The molecule has 1 spiro atoms. The molecule has 3 amide bonds. The van der Waals surface area contributed by atoms with Crippen LogP contribution in [0.1, 0.15) is 54.0 Å². The molecule has 0 saturated carbocycles. The predicted molar refractivity (Wildman–Crippen MR) is 111 cm³/mol. The molecule has 0 aromatic heterocycles. The minimum absolute atomic E-state index is 0.102. The van der Waals surface area contributed by atoms with Crippen molar-refractivity contribution in [2.75, 3.05) is 13.7 Å². The molecule has 1 saturated heterocycles. The van der Waals surface area contributed by atoms with Crippen LogP contribution in [0.4, 0.5) is 4.79 Å². The molecule has 5 nitrogen and oxygen atoms in total. The minimum Gasteiger partial charge on any atom is -0.319 e. The number of carbonyl (C=O) groups is 2. The van der Waals surface area contributed by atoms with E-state index in [-0.39, 0.29) is 18.0 Å². The standard InChI is InChI=1S/C24H27N3O2/c1-26(21-14-13-17-8-2-4-11-19(17)21)16-27-22(28)24(25-23(27)29)15-7-6-10-18-9-3-5-12-20(18)24/h2-5,8-9,11-12,21H,6-7,10,13-16H2,1H3,(H,25,29). The molecule has 2 unspecified atom stereocenters.